The van der Waals surface area contributed by atoms with Crippen molar-refractivity contribution in [1.82, 2.24) is 5.32 Å². The Morgan fingerprint density at radius 2 is 1.88 bits per heavy atom. The molecule has 0 heterocycles. The quantitative estimate of drug-likeness (QED) is 0.858. The van der Waals surface area contributed by atoms with Gasteiger partial charge in [-0.2, -0.15) is 5.32 Å². The lowest BCUT2D eigenvalue weighted by atomic mass is 10.3. The average Bonchev–Trinajstić information content (AvgIpc) is 2.17. The smallest absolute Gasteiger partial charge is 0.338 e. The van der Waals surface area contributed by atoms with Crippen molar-refractivity contribution >= 4 is 21.6 Å². The van der Waals surface area contributed by atoms with Crippen LogP contribution in [0.5, 0.6) is 0 Å². The largest absolute Gasteiger partial charge is 0.350 e. The van der Waals surface area contributed by atoms with Crippen molar-refractivity contribution in [3.8, 4) is 0 Å². The van der Waals surface area contributed by atoms with Gasteiger partial charge in [0.05, 0.1) is 16.3 Å². The van der Waals surface area contributed by atoms with E-state index in [1.165, 1.54) is 24.3 Å². The van der Waals surface area contributed by atoms with E-state index in [4.69, 9.17) is 5.73 Å². The minimum Gasteiger partial charge on any atom is -0.350 e. The first-order valence-electron chi connectivity index (χ1n) is 4.79. The second-order valence-corrected chi connectivity index (χ2v) is 5.37. The van der Waals surface area contributed by atoms with Gasteiger partial charge in [0.2, 0.25) is 0 Å². The van der Waals surface area contributed by atoms with E-state index < -0.39 is 15.9 Å². The first-order chi connectivity index (χ1) is 7.45. The summed E-state index contributed by atoms with van der Waals surface area (Å²) in [5.74, 6) is 0.110. The number of hydrogen-bond acceptors (Lipinski definition) is 3. The summed E-state index contributed by atoms with van der Waals surface area (Å²) in [5.41, 5.74) is 5.22. The van der Waals surface area contributed by atoms with Gasteiger partial charge in [-0.25, -0.2) is 13.2 Å². The van der Waals surface area contributed by atoms with Gasteiger partial charge in [-0.3, -0.25) is 0 Å². The molecule has 0 aliphatic rings. The first-order valence-corrected chi connectivity index (χ1v) is 6.45. The van der Waals surface area contributed by atoms with E-state index in [0.717, 1.165) is 0 Å². The van der Waals surface area contributed by atoms with Crippen molar-refractivity contribution in [2.45, 2.75) is 18.2 Å². The molecule has 1 aromatic rings. The molecule has 0 aliphatic carbocycles. The maximum absolute atomic E-state index is 11.6. The third-order valence-corrected chi connectivity index (χ3v) is 3.84. The predicted octanol–water partition coefficient (Wildman–Crippen LogP) is 1.18. The Labute approximate surface area is 94.6 Å². The zero-order valence-electron chi connectivity index (χ0n) is 8.88. The van der Waals surface area contributed by atoms with Gasteiger partial charge < -0.3 is 5.73 Å². The van der Waals surface area contributed by atoms with E-state index in [1.54, 1.807) is 6.92 Å². The van der Waals surface area contributed by atoms with Crippen molar-refractivity contribution in [2.24, 2.45) is 5.73 Å². The molecule has 0 saturated carbocycles. The summed E-state index contributed by atoms with van der Waals surface area (Å²) >= 11 is 0. The molecule has 16 heavy (non-hydrogen) atoms. The van der Waals surface area contributed by atoms with E-state index in [-0.39, 0.29) is 10.6 Å². The molecule has 6 heteroatoms. The Morgan fingerprint density at radius 1 is 1.31 bits per heavy atom. The molecule has 5 nitrogen and oxygen atoms in total. The molecule has 1 aromatic carbocycles. The average molecular weight is 241 g/mol. The van der Waals surface area contributed by atoms with Crippen LogP contribution in [0.3, 0.4) is 0 Å². The number of rotatable bonds is 4. The summed E-state index contributed by atoms with van der Waals surface area (Å²) in [5, 5.41) is 3.47. The predicted molar refractivity (Wildman–Crippen MR) is 60.2 cm³/mol. The van der Waals surface area contributed by atoms with Crippen LogP contribution in [0.2, 0.25) is 0 Å². The van der Waals surface area contributed by atoms with Crippen LogP contribution >= 0.6 is 0 Å². The maximum Gasteiger partial charge on any atom is 0.338 e. The summed E-state index contributed by atoms with van der Waals surface area (Å²) < 4.78 is 23.3. The number of benzene rings is 1. The number of nitrogens with zero attached hydrogens (tertiary/aromatic N) is 1. The van der Waals surface area contributed by atoms with Crippen LogP contribution in [0, 0.1) is 0 Å². The number of urea groups is 1. The minimum absolute atomic E-state index is 0.110. The minimum atomic E-state index is -3.21. The summed E-state index contributed by atoms with van der Waals surface area (Å²) in [7, 11) is -3.21. The number of carbonyl (C=O) groups excluding carboxylic acids is 1. The number of hydrogen-bond donors (Lipinski definition) is 1. The lowest BCUT2D eigenvalue weighted by Crippen LogP contribution is -2.18. The fourth-order valence-corrected chi connectivity index (χ4v) is 2.57. The van der Waals surface area contributed by atoms with Gasteiger partial charge in [-0.15, -0.1) is 0 Å². The third kappa shape index (κ3) is 3.23. The topological polar surface area (TPSA) is 91.3 Å². The summed E-state index contributed by atoms with van der Waals surface area (Å²) in [6.07, 6.45) is 0.565. The fraction of sp³-hybridized carbons (Fsp3) is 0.300. The molecular formula is C10H13N2O3S. The molecule has 87 valence electrons. The van der Waals surface area contributed by atoms with E-state index in [0.29, 0.717) is 12.1 Å². The number of amides is 2. The van der Waals surface area contributed by atoms with E-state index in [1.807, 2.05) is 0 Å². The number of nitrogens with two attached hydrogens (primary N) is 1. The molecule has 0 aromatic heterocycles. The lowest BCUT2D eigenvalue weighted by molar-refractivity contribution is 0.252. The highest BCUT2D eigenvalue weighted by Gasteiger charge is 2.12. The molecular weight excluding hydrogens is 228 g/mol. The van der Waals surface area contributed by atoms with E-state index in [2.05, 4.69) is 5.32 Å². The van der Waals surface area contributed by atoms with Crippen molar-refractivity contribution in [2.75, 3.05) is 5.75 Å². The maximum atomic E-state index is 11.6. The highest BCUT2D eigenvalue weighted by molar-refractivity contribution is 7.91. The molecule has 0 atom stereocenters. The number of carbonyl (C=O) groups is 1. The van der Waals surface area contributed by atoms with Gasteiger partial charge in [0, 0.05) is 0 Å². The summed E-state index contributed by atoms with van der Waals surface area (Å²) in [4.78, 5) is 10.7. The van der Waals surface area contributed by atoms with Gasteiger partial charge in [-0.05, 0) is 30.7 Å². The second-order valence-electron chi connectivity index (χ2n) is 3.26. The van der Waals surface area contributed by atoms with E-state index in [9.17, 15) is 13.2 Å². The van der Waals surface area contributed by atoms with Gasteiger partial charge in [0.15, 0.2) is 9.84 Å². The number of primary amides is 1. The van der Waals surface area contributed by atoms with Crippen LogP contribution in [-0.4, -0.2) is 20.2 Å². The van der Waals surface area contributed by atoms with Gasteiger partial charge in [-0.1, -0.05) is 6.92 Å². The third-order valence-electron chi connectivity index (χ3n) is 1.91. The van der Waals surface area contributed by atoms with Crippen molar-refractivity contribution in [3.05, 3.63) is 24.3 Å². The Kier molecular flexibility index (Phi) is 3.89. The lowest BCUT2D eigenvalue weighted by Gasteiger charge is -2.03. The summed E-state index contributed by atoms with van der Waals surface area (Å²) in [6, 6.07) is 4.95. The monoisotopic (exact) mass is 241 g/mol. The van der Waals surface area contributed by atoms with Crippen LogP contribution in [0.15, 0.2) is 29.2 Å². The molecule has 0 bridgehead atoms. The van der Waals surface area contributed by atoms with Gasteiger partial charge in [0.25, 0.3) is 0 Å². The van der Waals surface area contributed by atoms with Crippen LogP contribution in [0.4, 0.5) is 10.5 Å². The first kappa shape index (κ1) is 12.5. The Morgan fingerprint density at radius 3 is 2.31 bits per heavy atom. The molecule has 0 aliphatic heterocycles. The molecule has 0 fully saturated rings. The van der Waals surface area contributed by atoms with Crippen LogP contribution in [0.1, 0.15) is 13.3 Å². The molecule has 0 unspecified atom stereocenters. The Bertz CT molecular complexity index is 465. The SMILES string of the molecule is CCCS(=O)(=O)c1ccc([N]C(N)=O)cc1. The molecule has 1 radical (unpaired) electrons. The van der Waals surface area contributed by atoms with Crippen LogP contribution < -0.4 is 11.1 Å². The van der Waals surface area contributed by atoms with Crippen LogP contribution in [-0.2, 0) is 9.84 Å². The Hall–Kier alpha value is -1.56. The number of sulfone groups is 1. The van der Waals surface area contributed by atoms with E-state index >= 15 is 0 Å². The molecule has 0 saturated heterocycles. The zero-order chi connectivity index (χ0) is 12.2. The molecule has 0 spiro atoms. The fourth-order valence-electron chi connectivity index (χ4n) is 1.24. The highest BCUT2D eigenvalue weighted by atomic mass is 32.2. The van der Waals surface area contributed by atoms with Crippen molar-refractivity contribution in [3.63, 3.8) is 0 Å². The molecule has 2 N–H and O–H groups in total. The van der Waals surface area contributed by atoms with Crippen molar-refractivity contribution in [1.29, 1.82) is 0 Å². The highest BCUT2D eigenvalue weighted by Crippen LogP contribution is 2.15. The van der Waals surface area contributed by atoms with Crippen LogP contribution in [0.25, 0.3) is 0 Å². The molecule has 1 rings (SSSR count). The van der Waals surface area contributed by atoms with Crippen molar-refractivity contribution < 1.29 is 13.2 Å². The normalized spacial score (nSPS) is 11.1. The standard InChI is InChI=1S/C10H13N2O3S/c1-2-7-16(14,15)9-5-3-8(4-6-9)12-10(11)13/h3-6H,2,7H2,1H3,(H2,11,13). The Balaban J connectivity index is 2.91. The van der Waals surface area contributed by atoms with Gasteiger partial charge in [0.1, 0.15) is 0 Å². The second kappa shape index (κ2) is 4.98. The molecule has 2 amide bonds. The van der Waals surface area contributed by atoms with Gasteiger partial charge >= 0.3 is 6.03 Å². The summed E-state index contributed by atoms with van der Waals surface area (Å²) in [6.45, 7) is 1.80. The zero-order valence-corrected chi connectivity index (χ0v) is 9.70.